The largest absolute Gasteiger partial charge is 0.490 e. The Morgan fingerprint density at radius 1 is 1.07 bits per heavy atom. The van der Waals surface area contributed by atoms with Gasteiger partial charge in [-0.3, -0.25) is 9.59 Å². The fourth-order valence-corrected chi connectivity index (χ4v) is 3.41. The fourth-order valence-electron chi connectivity index (χ4n) is 2.57. The third kappa shape index (κ3) is 4.23. The lowest BCUT2D eigenvalue weighted by Crippen LogP contribution is -2.27. The maximum atomic E-state index is 12.7. The highest BCUT2D eigenvalue weighted by atomic mass is 32.2. The molecule has 0 atom stereocenters. The predicted octanol–water partition coefficient (Wildman–Crippen LogP) is 4.89. The smallest absolute Gasteiger partial charge is 0.298 e. The first-order valence-corrected chi connectivity index (χ1v) is 9.29. The summed E-state index contributed by atoms with van der Waals surface area (Å²) in [5.74, 6) is 0.850. The molecule has 2 amide bonds. The van der Waals surface area contributed by atoms with Crippen LogP contribution in [0, 0.1) is 0 Å². The van der Waals surface area contributed by atoms with Gasteiger partial charge in [0.05, 0.1) is 17.2 Å². The summed E-state index contributed by atoms with van der Waals surface area (Å²) in [6.45, 7) is 6.37. The molecule has 0 aliphatic carbocycles. The summed E-state index contributed by atoms with van der Waals surface area (Å²) in [4.78, 5) is 26.5. The van der Waals surface area contributed by atoms with E-state index in [-0.39, 0.29) is 11.1 Å². The van der Waals surface area contributed by atoms with Gasteiger partial charge in [0.25, 0.3) is 11.1 Å². The van der Waals surface area contributed by atoms with Crippen LogP contribution in [0.1, 0.15) is 12.5 Å². The second-order valence-electron chi connectivity index (χ2n) is 5.59. The Balaban J connectivity index is 1.88. The molecule has 1 aliphatic rings. The average molecular weight is 381 g/mol. The first-order chi connectivity index (χ1) is 13.1. The molecule has 2 aromatic rings. The number of para-hydroxylation sites is 1. The quantitative estimate of drug-likeness (QED) is 0.505. The van der Waals surface area contributed by atoms with E-state index in [0.717, 1.165) is 17.3 Å². The van der Waals surface area contributed by atoms with Gasteiger partial charge in [-0.1, -0.05) is 36.9 Å². The van der Waals surface area contributed by atoms with E-state index < -0.39 is 0 Å². The van der Waals surface area contributed by atoms with Crippen molar-refractivity contribution in [2.24, 2.45) is 0 Å². The van der Waals surface area contributed by atoms with Crippen LogP contribution in [0.15, 0.2) is 66.1 Å². The second kappa shape index (κ2) is 8.60. The maximum Gasteiger partial charge on any atom is 0.298 e. The molecule has 0 bridgehead atoms. The normalized spacial score (nSPS) is 15.3. The number of hydrogen-bond acceptors (Lipinski definition) is 5. The van der Waals surface area contributed by atoms with Crippen molar-refractivity contribution in [3.8, 4) is 11.5 Å². The summed E-state index contributed by atoms with van der Waals surface area (Å²) >= 11 is 0.922. The number of carbonyl (C=O) groups excluding carboxylic acids is 2. The number of rotatable bonds is 7. The third-order valence-corrected chi connectivity index (χ3v) is 4.60. The van der Waals surface area contributed by atoms with Gasteiger partial charge in [0.2, 0.25) is 0 Å². The molecule has 5 nitrogen and oxygen atoms in total. The van der Waals surface area contributed by atoms with E-state index in [9.17, 15) is 9.59 Å². The zero-order valence-electron chi connectivity index (χ0n) is 14.9. The van der Waals surface area contributed by atoms with Crippen LogP contribution in [0.5, 0.6) is 11.5 Å². The summed E-state index contributed by atoms with van der Waals surface area (Å²) in [5.41, 5.74) is 1.31. The highest BCUT2D eigenvalue weighted by Gasteiger charge is 2.36. The summed E-state index contributed by atoms with van der Waals surface area (Å²) in [6.07, 6.45) is 3.34. The fraction of sp³-hybridized carbons (Fsp3) is 0.143. The predicted molar refractivity (Wildman–Crippen MR) is 108 cm³/mol. The molecule has 1 saturated heterocycles. The maximum absolute atomic E-state index is 12.7. The van der Waals surface area contributed by atoms with E-state index in [1.165, 1.54) is 4.90 Å². The SMILES string of the molecule is C=CCOc1ccc(/C=C2/SC(=O)N(c3ccccc3)C2=O)cc1OCC. The zero-order chi connectivity index (χ0) is 19.2. The molecule has 2 aromatic carbocycles. The minimum absolute atomic E-state index is 0.312. The van der Waals surface area contributed by atoms with Gasteiger partial charge in [0.15, 0.2) is 11.5 Å². The number of ether oxygens (including phenoxy) is 2. The van der Waals surface area contributed by atoms with Crippen LogP contribution in [0.2, 0.25) is 0 Å². The molecule has 0 spiro atoms. The van der Waals surface area contributed by atoms with Gasteiger partial charge in [0.1, 0.15) is 6.61 Å². The highest BCUT2D eigenvalue weighted by molar-refractivity contribution is 8.19. The van der Waals surface area contributed by atoms with Crippen molar-refractivity contribution < 1.29 is 19.1 Å². The minimum atomic E-state index is -0.332. The van der Waals surface area contributed by atoms with Gasteiger partial charge in [-0.15, -0.1) is 0 Å². The van der Waals surface area contributed by atoms with Crippen molar-refractivity contribution in [3.63, 3.8) is 0 Å². The number of anilines is 1. The Bertz CT molecular complexity index is 892. The molecule has 1 fully saturated rings. The minimum Gasteiger partial charge on any atom is -0.490 e. The molecule has 0 aromatic heterocycles. The molecule has 3 rings (SSSR count). The van der Waals surface area contributed by atoms with Crippen LogP contribution in [0.3, 0.4) is 0 Å². The van der Waals surface area contributed by atoms with Gasteiger partial charge < -0.3 is 9.47 Å². The van der Waals surface area contributed by atoms with Crippen molar-refractivity contribution >= 4 is 34.7 Å². The van der Waals surface area contributed by atoms with Crippen LogP contribution in [0.4, 0.5) is 10.5 Å². The molecular weight excluding hydrogens is 362 g/mol. The number of nitrogens with zero attached hydrogens (tertiary/aromatic N) is 1. The van der Waals surface area contributed by atoms with E-state index in [2.05, 4.69) is 6.58 Å². The van der Waals surface area contributed by atoms with Gasteiger partial charge in [-0.2, -0.15) is 0 Å². The summed E-state index contributed by atoms with van der Waals surface area (Å²) in [6, 6.07) is 14.3. The number of hydrogen-bond donors (Lipinski definition) is 0. The van der Waals surface area contributed by atoms with Gasteiger partial charge in [-0.25, -0.2) is 4.90 Å². The standard InChI is InChI=1S/C21H19NO4S/c1-3-12-26-17-11-10-15(13-18(17)25-4-2)14-19-20(23)22(21(24)27-19)16-8-6-5-7-9-16/h3,5-11,13-14H,1,4,12H2,2H3/b19-14+. The number of carbonyl (C=O) groups is 2. The van der Waals surface area contributed by atoms with Crippen molar-refractivity contribution in [2.45, 2.75) is 6.92 Å². The molecule has 0 radical (unpaired) electrons. The van der Waals surface area contributed by atoms with Crippen LogP contribution in [0.25, 0.3) is 6.08 Å². The second-order valence-corrected chi connectivity index (χ2v) is 6.58. The van der Waals surface area contributed by atoms with Crippen LogP contribution in [-0.2, 0) is 4.79 Å². The molecule has 6 heteroatoms. The number of amides is 2. The summed E-state index contributed by atoms with van der Waals surface area (Å²) < 4.78 is 11.2. The molecule has 1 heterocycles. The van der Waals surface area contributed by atoms with Crippen molar-refractivity contribution in [1.29, 1.82) is 0 Å². The van der Waals surface area contributed by atoms with E-state index in [0.29, 0.717) is 35.3 Å². The monoisotopic (exact) mass is 381 g/mol. The topological polar surface area (TPSA) is 55.8 Å². The summed E-state index contributed by atoms with van der Waals surface area (Å²) in [5, 5.41) is -0.312. The Labute approximate surface area is 162 Å². The number of imide groups is 1. The Morgan fingerprint density at radius 3 is 2.56 bits per heavy atom. The van der Waals surface area contributed by atoms with Crippen molar-refractivity contribution in [2.75, 3.05) is 18.1 Å². The lowest BCUT2D eigenvalue weighted by atomic mass is 10.1. The van der Waals surface area contributed by atoms with E-state index in [1.807, 2.05) is 19.1 Å². The Morgan fingerprint density at radius 2 is 1.85 bits per heavy atom. The number of thioether (sulfide) groups is 1. The highest BCUT2D eigenvalue weighted by Crippen LogP contribution is 2.37. The van der Waals surface area contributed by atoms with Gasteiger partial charge in [-0.05, 0) is 54.6 Å². The van der Waals surface area contributed by atoms with Crippen LogP contribution < -0.4 is 14.4 Å². The third-order valence-electron chi connectivity index (χ3n) is 3.73. The number of benzene rings is 2. The molecule has 0 saturated carbocycles. The molecule has 138 valence electrons. The van der Waals surface area contributed by atoms with E-state index >= 15 is 0 Å². The van der Waals surface area contributed by atoms with Crippen molar-refractivity contribution in [3.05, 3.63) is 71.7 Å². The van der Waals surface area contributed by atoms with Gasteiger partial charge in [0, 0.05) is 0 Å². The zero-order valence-corrected chi connectivity index (χ0v) is 15.7. The lowest BCUT2D eigenvalue weighted by molar-refractivity contribution is -0.113. The first-order valence-electron chi connectivity index (χ1n) is 8.47. The van der Waals surface area contributed by atoms with Crippen molar-refractivity contribution in [1.82, 2.24) is 0 Å². The molecule has 27 heavy (non-hydrogen) atoms. The van der Waals surface area contributed by atoms with Crippen LogP contribution in [-0.4, -0.2) is 24.4 Å². The van der Waals surface area contributed by atoms with Crippen LogP contribution >= 0.6 is 11.8 Å². The molecule has 0 unspecified atom stereocenters. The van der Waals surface area contributed by atoms with Gasteiger partial charge >= 0.3 is 0 Å². The molecular formula is C21H19NO4S. The Hall–Kier alpha value is -2.99. The Kier molecular flexibility index (Phi) is 5.98. The molecule has 0 N–H and O–H groups in total. The van der Waals surface area contributed by atoms with E-state index in [4.69, 9.17) is 9.47 Å². The first kappa shape index (κ1) is 18.8. The van der Waals surface area contributed by atoms with E-state index in [1.54, 1.807) is 48.6 Å². The average Bonchev–Trinajstić information content (AvgIpc) is 2.95. The molecule has 1 aliphatic heterocycles. The lowest BCUT2D eigenvalue weighted by Gasteiger charge is -2.12. The summed E-state index contributed by atoms with van der Waals surface area (Å²) in [7, 11) is 0.